The lowest BCUT2D eigenvalue weighted by molar-refractivity contribution is 0.0729. The van der Waals surface area contributed by atoms with Crippen molar-refractivity contribution in [3.05, 3.63) is 64.6 Å². The summed E-state index contributed by atoms with van der Waals surface area (Å²) in [6.07, 6.45) is 7.32. The summed E-state index contributed by atoms with van der Waals surface area (Å²) in [5.41, 5.74) is 1.88. The number of halogens is 2. The standard InChI is InChI=1S/C20H17F2N3O2S/c21-13-3-2-12(6-14(13)22)18-7-15-19(28-18)20(25-9-24-15)23-8-11-1-4-16-17(5-11)27-10-26-16/h2-3,5-7,9,15,19H,1,4,8,10H2,(H,23,24,25). The molecule has 1 aromatic rings. The maximum atomic E-state index is 13.6. The molecule has 3 aliphatic heterocycles. The van der Waals surface area contributed by atoms with Gasteiger partial charge >= 0.3 is 0 Å². The van der Waals surface area contributed by atoms with E-state index in [2.05, 4.69) is 15.3 Å². The summed E-state index contributed by atoms with van der Waals surface area (Å²) in [6, 6.07) is 3.89. The molecular formula is C20H17F2N3O2S. The Kier molecular flexibility index (Phi) is 4.43. The van der Waals surface area contributed by atoms with Crippen molar-refractivity contribution in [2.24, 2.45) is 9.98 Å². The third-order valence-corrected chi connectivity index (χ3v) is 6.40. The van der Waals surface area contributed by atoms with E-state index in [0.29, 0.717) is 18.9 Å². The molecule has 144 valence electrons. The zero-order valence-corrected chi connectivity index (χ0v) is 15.6. The number of hydrogen-bond acceptors (Lipinski definition) is 6. The Morgan fingerprint density at radius 3 is 3.00 bits per heavy atom. The summed E-state index contributed by atoms with van der Waals surface area (Å²) in [7, 11) is 0. The largest absolute Gasteiger partial charge is 0.458 e. The van der Waals surface area contributed by atoms with Gasteiger partial charge in [-0.3, -0.25) is 4.99 Å². The van der Waals surface area contributed by atoms with E-state index in [0.717, 1.165) is 41.2 Å². The predicted octanol–water partition coefficient (Wildman–Crippen LogP) is 3.76. The molecule has 28 heavy (non-hydrogen) atoms. The normalized spacial score (nSPS) is 25.3. The summed E-state index contributed by atoms with van der Waals surface area (Å²) >= 11 is 1.56. The fourth-order valence-corrected chi connectivity index (χ4v) is 4.84. The second-order valence-electron chi connectivity index (χ2n) is 6.82. The first-order valence-electron chi connectivity index (χ1n) is 9.03. The maximum absolute atomic E-state index is 13.6. The predicted molar refractivity (Wildman–Crippen MR) is 105 cm³/mol. The zero-order valence-electron chi connectivity index (χ0n) is 14.8. The van der Waals surface area contributed by atoms with Crippen molar-refractivity contribution >= 4 is 28.8 Å². The van der Waals surface area contributed by atoms with E-state index in [1.165, 1.54) is 11.6 Å². The quantitative estimate of drug-likeness (QED) is 0.838. The van der Waals surface area contributed by atoms with Crippen molar-refractivity contribution < 1.29 is 18.3 Å². The molecule has 2 unspecified atom stereocenters. The Morgan fingerprint density at radius 2 is 2.11 bits per heavy atom. The minimum absolute atomic E-state index is 0.00172. The van der Waals surface area contributed by atoms with Crippen molar-refractivity contribution in [2.75, 3.05) is 13.3 Å². The van der Waals surface area contributed by atoms with Gasteiger partial charge in [0.2, 0.25) is 6.79 Å². The summed E-state index contributed by atoms with van der Waals surface area (Å²) in [5.74, 6) is 0.897. The van der Waals surface area contributed by atoms with Gasteiger partial charge in [0.25, 0.3) is 0 Å². The molecule has 1 aromatic carbocycles. The average molecular weight is 401 g/mol. The number of aliphatic imine (C=N–C) groups is 2. The van der Waals surface area contributed by atoms with Gasteiger partial charge in [-0.1, -0.05) is 6.07 Å². The molecule has 3 heterocycles. The fraction of sp³-hybridized carbons (Fsp3) is 0.300. The first-order valence-corrected chi connectivity index (χ1v) is 9.90. The third kappa shape index (κ3) is 3.22. The van der Waals surface area contributed by atoms with Crippen LogP contribution >= 0.6 is 11.8 Å². The number of benzene rings is 1. The number of hydrogen-bond donors (Lipinski definition) is 1. The molecule has 1 aliphatic carbocycles. The lowest BCUT2D eigenvalue weighted by Crippen LogP contribution is -2.40. The fourth-order valence-electron chi connectivity index (χ4n) is 3.54. The number of amidine groups is 1. The van der Waals surface area contributed by atoms with Crippen LogP contribution in [0.1, 0.15) is 18.4 Å². The van der Waals surface area contributed by atoms with Crippen LogP contribution in [0.25, 0.3) is 4.91 Å². The Labute approximate surface area is 164 Å². The summed E-state index contributed by atoms with van der Waals surface area (Å²) in [5, 5.41) is 3.42. The molecule has 4 aliphatic rings. The van der Waals surface area contributed by atoms with Gasteiger partial charge in [0.05, 0.1) is 11.3 Å². The molecule has 0 saturated heterocycles. The van der Waals surface area contributed by atoms with Crippen LogP contribution in [-0.4, -0.2) is 36.8 Å². The zero-order chi connectivity index (χ0) is 19.1. The smallest absolute Gasteiger partial charge is 0.230 e. The number of nitrogens with zero attached hydrogens (tertiary/aromatic N) is 2. The van der Waals surface area contributed by atoms with E-state index in [4.69, 9.17) is 9.47 Å². The van der Waals surface area contributed by atoms with Gasteiger partial charge < -0.3 is 14.8 Å². The molecule has 0 saturated carbocycles. The minimum atomic E-state index is -0.847. The Hall–Kier alpha value is -2.61. The molecule has 0 amide bonds. The highest BCUT2D eigenvalue weighted by Gasteiger charge is 2.34. The molecule has 5 rings (SSSR count). The van der Waals surface area contributed by atoms with Crippen LogP contribution in [0.2, 0.25) is 0 Å². The van der Waals surface area contributed by atoms with E-state index in [-0.39, 0.29) is 11.3 Å². The van der Waals surface area contributed by atoms with Crippen molar-refractivity contribution in [1.29, 1.82) is 0 Å². The number of nitrogens with one attached hydrogen (secondary N) is 1. The van der Waals surface area contributed by atoms with Crippen LogP contribution in [0.3, 0.4) is 0 Å². The highest BCUT2D eigenvalue weighted by Crippen LogP contribution is 2.42. The molecule has 0 radical (unpaired) electrons. The van der Waals surface area contributed by atoms with Gasteiger partial charge in [0, 0.05) is 17.9 Å². The molecule has 8 heteroatoms. The average Bonchev–Trinajstić information content (AvgIpc) is 3.34. The van der Waals surface area contributed by atoms with Crippen molar-refractivity contribution in [2.45, 2.75) is 24.1 Å². The minimum Gasteiger partial charge on any atom is -0.458 e. The van der Waals surface area contributed by atoms with Gasteiger partial charge in [-0.15, -0.1) is 11.8 Å². The number of allylic oxidation sites excluding steroid dienone is 2. The highest BCUT2D eigenvalue weighted by atomic mass is 32.2. The lowest BCUT2D eigenvalue weighted by atomic mass is 10.0. The van der Waals surface area contributed by atoms with Crippen molar-refractivity contribution in [3.8, 4) is 0 Å². The van der Waals surface area contributed by atoms with Gasteiger partial charge in [-0.25, -0.2) is 13.8 Å². The lowest BCUT2D eigenvalue weighted by Gasteiger charge is -2.23. The first kappa shape index (κ1) is 17.5. The number of thioether (sulfide) groups is 1. The Bertz CT molecular complexity index is 984. The van der Waals surface area contributed by atoms with Crippen LogP contribution in [0.4, 0.5) is 8.78 Å². The van der Waals surface area contributed by atoms with Crippen LogP contribution in [0.15, 0.2) is 57.4 Å². The first-order chi connectivity index (χ1) is 13.7. The van der Waals surface area contributed by atoms with Crippen LogP contribution in [0.5, 0.6) is 0 Å². The molecule has 2 atom stereocenters. The second kappa shape index (κ2) is 7.09. The number of rotatable bonds is 3. The van der Waals surface area contributed by atoms with Crippen LogP contribution < -0.4 is 5.32 Å². The van der Waals surface area contributed by atoms with Gasteiger partial charge in [-0.05, 0) is 41.8 Å². The van der Waals surface area contributed by atoms with Crippen molar-refractivity contribution in [1.82, 2.24) is 5.32 Å². The molecular weight excluding hydrogens is 384 g/mol. The Balaban J connectivity index is 1.27. The van der Waals surface area contributed by atoms with Crippen LogP contribution in [0, 0.1) is 11.6 Å². The van der Waals surface area contributed by atoms with E-state index in [9.17, 15) is 8.78 Å². The Morgan fingerprint density at radius 1 is 1.18 bits per heavy atom. The third-order valence-electron chi connectivity index (χ3n) is 5.02. The topological polar surface area (TPSA) is 55.2 Å². The van der Waals surface area contributed by atoms with E-state index in [1.807, 2.05) is 12.2 Å². The van der Waals surface area contributed by atoms with Crippen LogP contribution in [-0.2, 0) is 9.47 Å². The number of fused-ring (bicyclic) bond motifs is 1. The van der Waals surface area contributed by atoms with E-state index >= 15 is 0 Å². The molecule has 5 nitrogen and oxygen atoms in total. The van der Waals surface area contributed by atoms with Gasteiger partial charge in [0.15, 0.2) is 17.4 Å². The van der Waals surface area contributed by atoms with E-state index < -0.39 is 11.6 Å². The second-order valence-corrected chi connectivity index (χ2v) is 8.00. The molecule has 0 aromatic heterocycles. The monoisotopic (exact) mass is 401 g/mol. The molecule has 0 bridgehead atoms. The SMILES string of the molecule is Fc1ccc(C2=CC3N=CN=C(NCC4=CC5=C(CC4)OCO5)C3S2)cc1F. The summed E-state index contributed by atoms with van der Waals surface area (Å²) in [6.45, 7) is 0.959. The maximum Gasteiger partial charge on any atom is 0.230 e. The number of ether oxygens (including phenoxy) is 2. The summed E-state index contributed by atoms with van der Waals surface area (Å²) in [4.78, 5) is 9.71. The van der Waals surface area contributed by atoms with Gasteiger partial charge in [-0.2, -0.15) is 0 Å². The van der Waals surface area contributed by atoms with E-state index in [1.54, 1.807) is 24.2 Å². The molecule has 1 N–H and O–H groups in total. The molecule has 0 spiro atoms. The van der Waals surface area contributed by atoms with Crippen molar-refractivity contribution in [3.63, 3.8) is 0 Å². The van der Waals surface area contributed by atoms with Gasteiger partial charge in [0.1, 0.15) is 17.9 Å². The highest BCUT2D eigenvalue weighted by molar-refractivity contribution is 8.09. The summed E-state index contributed by atoms with van der Waals surface area (Å²) < 4.78 is 37.7. The molecule has 0 fully saturated rings.